The van der Waals surface area contributed by atoms with Crippen LogP contribution < -0.4 is 10.6 Å². The molecule has 0 radical (unpaired) electrons. The van der Waals surface area contributed by atoms with Gasteiger partial charge in [-0.25, -0.2) is 4.98 Å². The van der Waals surface area contributed by atoms with Crippen LogP contribution in [-0.4, -0.2) is 33.5 Å². The molecule has 1 unspecified atom stereocenters. The molecule has 1 aliphatic rings. The van der Waals surface area contributed by atoms with Crippen LogP contribution >= 0.6 is 24.8 Å². The Morgan fingerprint density at radius 2 is 2.07 bits per heavy atom. The minimum atomic E-state index is -0.110. The molecule has 6 nitrogen and oxygen atoms in total. The van der Waals surface area contributed by atoms with E-state index in [9.17, 15) is 4.79 Å². The smallest absolute Gasteiger partial charge is 0.253 e. The van der Waals surface area contributed by atoms with Crippen molar-refractivity contribution in [1.29, 1.82) is 0 Å². The molecule has 4 rings (SSSR count). The van der Waals surface area contributed by atoms with Gasteiger partial charge in [-0.1, -0.05) is 12.1 Å². The van der Waals surface area contributed by atoms with E-state index in [0.29, 0.717) is 18.0 Å². The maximum atomic E-state index is 12.7. The van der Waals surface area contributed by atoms with Gasteiger partial charge in [0.2, 0.25) is 0 Å². The third-order valence-corrected chi connectivity index (χ3v) is 5.34. The quantitative estimate of drug-likeness (QED) is 0.597. The van der Waals surface area contributed by atoms with Gasteiger partial charge in [0.25, 0.3) is 5.91 Å². The first kappa shape index (κ1) is 24.1. The number of rotatable bonds is 6. The van der Waals surface area contributed by atoms with Crippen LogP contribution in [0.1, 0.15) is 48.1 Å². The SMILES string of the molecule is CC(C)n1c(CNC(=O)c2cncc(CC3CCNC3)c2)nc2ccccc21.Cl.Cl. The second kappa shape index (κ2) is 10.8. The van der Waals surface area contributed by atoms with Gasteiger partial charge in [0, 0.05) is 18.4 Å². The molecule has 0 saturated carbocycles. The number of halogens is 2. The molecular weight excluding hydrogens is 421 g/mol. The maximum Gasteiger partial charge on any atom is 0.253 e. The van der Waals surface area contributed by atoms with E-state index in [2.05, 4.69) is 40.1 Å². The van der Waals surface area contributed by atoms with E-state index in [0.717, 1.165) is 41.9 Å². The number of hydrogen-bond donors (Lipinski definition) is 2. The number of aromatic nitrogens is 3. The van der Waals surface area contributed by atoms with Crippen molar-refractivity contribution in [3.05, 3.63) is 59.7 Å². The zero-order valence-corrected chi connectivity index (χ0v) is 18.9. The number of imidazole rings is 1. The molecule has 3 aromatic rings. The molecule has 0 aliphatic carbocycles. The molecule has 2 N–H and O–H groups in total. The predicted molar refractivity (Wildman–Crippen MR) is 125 cm³/mol. The number of carbonyl (C=O) groups is 1. The van der Waals surface area contributed by atoms with Crippen LogP contribution in [0.4, 0.5) is 0 Å². The Labute approximate surface area is 189 Å². The zero-order valence-electron chi connectivity index (χ0n) is 17.3. The highest BCUT2D eigenvalue weighted by molar-refractivity contribution is 5.94. The Kier molecular flexibility index (Phi) is 8.65. The minimum absolute atomic E-state index is 0. The minimum Gasteiger partial charge on any atom is -0.345 e. The van der Waals surface area contributed by atoms with Gasteiger partial charge in [0.05, 0.1) is 23.1 Å². The lowest BCUT2D eigenvalue weighted by Crippen LogP contribution is -2.25. The fourth-order valence-corrected chi connectivity index (χ4v) is 4.00. The Hall–Kier alpha value is -2.15. The molecule has 0 bridgehead atoms. The number of fused-ring (bicyclic) bond motifs is 1. The molecule has 1 atom stereocenters. The molecule has 1 aliphatic heterocycles. The van der Waals surface area contributed by atoms with Crippen molar-refractivity contribution in [3.8, 4) is 0 Å². The van der Waals surface area contributed by atoms with Crippen LogP contribution in [0.15, 0.2) is 42.7 Å². The van der Waals surface area contributed by atoms with Gasteiger partial charge in [0.1, 0.15) is 5.82 Å². The second-order valence-corrected chi connectivity index (χ2v) is 7.81. The number of pyridine rings is 1. The summed E-state index contributed by atoms with van der Waals surface area (Å²) in [6, 6.07) is 10.3. The molecule has 30 heavy (non-hydrogen) atoms. The third kappa shape index (κ3) is 5.31. The average molecular weight is 450 g/mol. The lowest BCUT2D eigenvalue weighted by molar-refractivity contribution is 0.0949. The fourth-order valence-electron chi connectivity index (χ4n) is 4.00. The van der Waals surface area contributed by atoms with Gasteiger partial charge in [0.15, 0.2) is 0 Å². The number of para-hydroxylation sites is 2. The molecule has 162 valence electrons. The molecule has 3 heterocycles. The Balaban J connectivity index is 0.00000160. The highest BCUT2D eigenvalue weighted by atomic mass is 35.5. The molecule has 0 spiro atoms. The summed E-state index contributed by atoms with van der Waals surface area (Å²) in [5.74, 6) is 1.39. The fraction of sp³-hybridized carbons (Fsp3) is 0.409. The lowest BCUT2D eigenvalue weighted by Gasteiger charge is -2.14. The maximum absolute atomic E-state index is 12.7. The van der Waals surface area contributed by atoms with Crippen molar-refractivity contribution < 1.29 is 4.79 Å². The Morgan fingerprint density at radius 1 is 1.27 bits per heavy atom. The number of nitrogens with zero attached hydrogens (tertiary/aromatic N) is 3. The number of hydrogen-bond acceptors (Lipinski definition) is 4. The van der Waals surface area contributed by atoms with Gasteiger partial charge in [-0.3, -0.25) is 9.78 Å². The molecule has 8 heteroatoms. The number of nitrogens with one attached hydrogen (secondary N) is 2. The standard InChI is InChI=1S/C22H27N5O.2ClH/c1-15(2)27-20-6-4-3-5-19(20)26-21(27)14-25-22(28)18-10-17(12-24-13-18)9-16-7-8-23-11-16;;/h3-6,10,12-13,15-16,23H,7-9,11,14H2,1-2H3,(H,25,28);2*1H. The van der Waals surface area contributed by atoms with Crippen molar-refractivity contribution in [3.63, 3.8) is 0 Å². The average Bonchev–Trinajstić information content (AvgIpc) is 3.33. The van der Waals surface area contributed by atoms with Crippen LogP contribution in [0.25, 0.3) is 11.0 Å². The van der Waals surface area contributed by atoms with E-state index in [1.165, 1.54) is 6.42 Å². The largest absolute Gasteiger partial charge is 0.345 e. The first-order valence-corrected chi connectivity index (χ1v) is 10.0. The third-order valence-electron chi connectivity index (χ3n) is 5.34. The second-order valence-electron chi connectivity index (χ2n) is 7.81. The molecule has 1 saturated heterocycles. The van der Waals surface area contributed by atoms with Crippen LogP contribution in [-0.2, 0) is 13.0 Å². The van der Waals surface area contributed by atoms with Crippen LogP contribution in [0.2, 0.25) is 0 Å². The van der Waals surface area contributed by atoms with Gasteiger partial charge in [-0.15, -0.1) is 24.8 Å². The first-order valence-electron chi connectivity index (χ1n) is 10.0. The molecule has 1 aromatic carbocycles. The van der Waals surface area contributed by atoms with Gasteiger partial charge in [-0.05, 0) is 69.5 Å². The summed E-state index contributed by atoms with van der Waals surface area (Å²) in [5, 5.41) is 6.40. The molecule has 1 fully saturated rings. The molecule has 2 aromatic heterocycles. The Bertz CT molecular complexity index is 983. The van der Waals surface area contributed by atoms with Crippen molar-refractivity contribution in [1.82, 2.24) is 25.2 Å². The van der Waals surface area contributed by atoms with Crippen LogP contribution in [0.5, 0.6) is 0 Å². The Morgan fingerprint density at radius 3 is 2.80 bits per heavy atom. The van der Waals surface area contributed by atoms with Gasteiger partial charge < -0.3 is 15.2 Å². The van der Waals surface area contributed by atoms with Crippen molar-refractivity contribution in [2.45, 2.75) is 39.3 Å². The summed E-state index contributed by atoms with van der Waals surface area (Å²) in [4.78, 5) is 21.7. The topological polar surface area (TPSA) is 71.8 Å². The zero-order chi connectivity index (χ0) is 19.5. The summed E-state index contributed by atoms with van der Waals surface area (Å²) in [5.41, 5.74) is 3.77. The van der Waals surface area contributed by atoms with Crippen LogP contribution in [0, 0.1) is 5.92 Å². The lowest BCUT2D eigenvalue weighted by atomic mass is 9.99. The number of carbonyl (C=O) groups excluding carboxylic acids is 1. The van der Waals surface area contributed by atoms with E-state index in [4.69, 9.17) is 4.98 Å². The number of amides is 1. The predicted octanol–water partition coefficient (Wildman–Crippen LogP) is 3.94. The monoisotopic (exact) mass is 449 g/mol. The summed E-state index contributed by atoms with van der Waals surface area (Å²) < 4.78 is 2.18. The van der Waals surface area contributed by atoms with Gasteiger partial charge >= 0.3 is 0 Å². The summed E-state index contributed by atoms with van der Waals surface area (Å²) in [6.07, 6.45) is 5.65. The summed E-state index contributed by atoms with van der Waals surface area (Å²) >= 11 is 0. The van der Waals surface area contributed by atoms with E-state index in [-0.39, 0.29) is 36.8 Å². The van der Waals surface area contributed by atoms with Crippen molar-refractivity contribution >= 4 is 41.8 Å². The molecule has 1 amide bonds. The summed E-state index contributed by atoms with van der Waals surface area (Å²) in [6.45, 7) is 6.77. The van der Waals surface area contributed by atoms with Crippen molar-refractivity contribution in [2.24, 2.45) is 5.92 Å². The van der Waals surface area contributed by atoms with E-state index >= 15 is 0 Å². The highest BCUT2D eigenvalue weighted by Crippen LogP contribution is 2.21. The van der Waals surface area contributed by atoms with E-state index in [1.807, 2.05) is 30.5 Å². The van der Waals surface area contributed by atoms with E-state index in [1.54, 1.807) is 6.20 Å². The van der Waals surface area contributed by atoms with Gasteiger partial charge in [-0.2, -0.15) is 0 Å². The molecular formula is C22H29Cl2N5O. The van der Waals surface area contributed by atoms with Crippen LogP contribution in [0.3, 0.4) is 0 Å². The number of benzene rings is 1. The summed E-state index contributed by atoms with van der Waals surface area (Å²) in [7, 11) is 0. The normalized spacial score (nSPS) is 15.6. The highest BCUT2D eigenvalue weighted by Gasteiger charge is 2.17. The first-order chi connectivity index (χ1) is 13.6. The van der Waals surface area contributed by atoms with E-state index < -0.39 is 0 Å². The van der Waals surface area contributed by atoms with Crippen molar-refractivity contribution in [2.75, 3.05) is 13.1 Å².